The van der Waals surface area contributed by atoms with Crippen LogP contribution in [0.2, 0.25) is 0 Å². The van der Waals surface area contributed by atoms with Gasteiger partial charge in [-0.1, -0.05) is 0 Å². The van der Waals surface area contributed by atoms with E-state index in [2.05, 4.69) is 26.5 Å². The third-order valence-corrected chi connectivity index (χ3v) is 1.24. The Kier molecular flexibility index (Phi) is 3.44. The van der Waals surface area contributed by atoms with Crippen molar-refractivity contribution in [2.24, 2.45) is 0 Å². The summed E-state index contributed by atoms with van der Waals surface area (Å²) in [5.74, 6) is 4.33. The van der Waals surface area contributed by atoms with Crippen LogP contribution in [0.4, 0.5) is 5.95 Å². The summed E-state index contributed by atoms with van der Waals surface area (Å²) < 4.78 is 4.61. The number of nitrogens with two attached hydrogens (primary N) is 1. The van der Waals surface area contributed by atoms with Crippen LogP contribution in [0.1, 0.15) is 12.6 Å². The van der Waals surface area contributed by atoms with Gasteiger partial charge in [-0.15, -0.1) is 0 Å². The van der Waals surface area contributed by atoms with Crippen molar-refractivity contribution in [1.29, 1.82) is 0 Å². The monoisotopic (exact) mass is 191 g/mol. The number of rotatable bonds is 1. The number of nitrogen functional groups attached to an aromatic ring is 1. The predicted octanol–water partition coefficient (Wildman–Crippen LogP) is -0.0266. The Labute approximate surface area is 81.3 Å². The second-order valence-electron chi connectivity index (χ2n) is 2.27. The Morgan fingerprint density at radius 3 is 3.14 bits per heavy atom. The Morgan fingerprint density at radius 1 is 1.71 bits per heavy atom. The molecule has 0 saturated carbocycles. The molecule has 0 fully saturated rings. The van der Waals surface area contributed by atoms with Gasteiger partial charge in [-0.2, -0.15) is 0 Å². The van der Waals surface area contributed by atoms with Gasteiger partial charge in [0.15, 0.2) is 0 Å². The molecule has 0 aliphatic carbocycles. The van der Waals surface area contributed by atoms with Gasteiger partial charge in [-0.25, -0.2) is 14.8 Å². The number of hydrogen-bond donors (Lipinski definition) is 1. The van der Waals surface area contributed by atoms with Crippen LogP contribution in [-0.4, -0.2) is 22.5 Å². The number of hydrogen-bond acceptors (Lipinski definition) is 5. The molecule has 5 nitrogen and oxygen atoms in total. The minimum atomic E-state index is -0.579. The van der Waals surface area contributed by atoms with Crippen molar-refractivity contribution in [3.63, 3.8) is 0 Å². The topological polar surface area (TPSA) is 78.1 Å². The molecule has 2 N–H and O–H groups in total. The van der Waals surface area contributed by atoms with Crippen LogP contribution in [0, 0.1) is 11.8 Å². The summed E-state index contributed by atoms with van der Waals surface area (Å²) in [6.07, 6.45) is 1.47. The molecular weight excluding hydrogens is 182 g/mol. The first-order chi connectivity index (χ1) is 6.72. The van der Waals surface area contributed by atoms with Crippen molar-refractivity contribution in [3.05, 3.63) is 18.0 Å². The zero-order valence-electron chi connectivity index (χ0n) is 7.65. The minimum Gasteiger partial charge on any atom is -0.456 e. The quantitative estimate of drug-likeness (QED) is 0.498. The van der Waals surface area contributed by atoms with Crippen LogP contribution in [0.15, 0.2) is 12.3 Å². The summed E-state index contributed by atoms with van der Waals surface area (Å²) >= 11 is 0. The lowest BCUT2D eigenvalue weighted by Crippen LogP contribution is -2.00. The van der Waals surface area contributed by atoms with E-state index < -0.39 is 5.97 Å². The number of ether oxygens (including phenoxy) is 1. The molecule has 0 aliphatic rings. The van der Waals surface area contributed by atoms with E-state index >= 15 is 0 Å². The number of carbonyl (C=O) groups is 1. The Hall–Kier alpha value is -2.09. The number of anilines is 1. The largest absolute Gasteiger partial charge is 0.456 e. The van der Waals surface area contributed by atoms with E-state index in [0.717, 1.165) is 0 Å². The Morgan fingerprint density at radius 2 is 2.50 bits per heavy atom. The van der Waals surface area contributed by atoms with Crippen LogP contribution in [0.5, 0.6) is 0 Å². The highest BCUT2D eigenvalue weighted by atomic mass is 16.5. The van der Waals surface area contributed by atoms with Gasteiger partial charge in [0.25, 0.3) is 0 Å². The lowest BCUT2D eigenvalue weighted by atomic mass is 10.4. The first-order valence-corrected chi connectivity index (χ1v) is 3.99. The molecular formula is C9H9N3O2. The average Bonchev–Trinajstić information content (AvgIpc) is 2.15. The molecule has 1 aromatic heterocycles. The first kappa shape index (κ1) is 9.99. The van der Waals surface area contributed by atoms with E-state index in [4.69, 9.17) is 5.73 Å². The fraction of sp³-hybridized carbons (Fsp3) is 0.222. The van der Waals surface area contributed by atoms with E-state index in [1.54, 1.807) is 13.0 Å². The van der Waals surface area contributed by atoms with E-state index in [0.29, 0.717) is 12.3 Å². The normalized spacial score (nSPS) is 8.64. The molecule has 1 aromatic rings. The van der Waals surface area contributed by atoms with Crippen LogP contribution >= 0.6 is 0 Å². The third-order valence-electron chi connectivity index (χ3n) is 1.24. The van der Waals surface area contributed by atoms with Crippen LogP contribution in [-0.2, 0) is 9.53 Å². The minimum absolute atomic E-state index is 0.126. The molecule has 1 heterocycles. The molecule has 0 saturated heterocycles. The highest BCUT2D eigenvalue weighted by molar-refractivity contribution is 5.88. The summed E-state index contributed by atoms with van der Waals surface area (Å²) in [5, 5.41) is 0. The van der Waals surface area contributed by atoms with Crippen LogP contribution in [0.25, 0.3) is 0 Å². The molecule has 14 heavy (non-hydrogen) atoms. The molecule has 0 unspecified atom stereocenters. The van der Waals surface area contributed by atoms with Gasteiger partial charge in [0.2, 0.25) is 5.95 Å². The number of carbonyl (C=O) groups excluding carboxylic acids is 1. The second-order valence-corrected chi connectivity index (χ2v) is 2.27. The van der Waals surface area contributed by atoms with Gasteiger partial charge >= 0.3 is 5.97 Å². The maximum absolute atomic E-state index is 10.8. The van der Waals surface area contributed by atoms with E-state index in [1.807, 2.05) is 0 Å². The number of nitrogens with zero attached hydrogens (tertiary/aromatic N) is 2. The highest BCUT2D eigenvalue weighted by Crippen LogP contribution is 1.93. The van der Waals surface area contributed by atoms with Crippen LogP contribution < -0.4 is 5.73 Å². The van der Waals surface area contributed by atoms with Gasteiger partial charge in [-0.3, -0.25) is 0 Å². The average molecular weight is 191 g/mol. The molecule has 0 aliphatic heterocycles. The molecule has 1 rings (SSSR count). The van der Waals surface area contributed by atoms with Crippen molar-refractivity contribution in [2.45, 2.75) is 6.92 Å². The molecule has 72 valence electrons. The second kappa shape index (κ2) is 4.82. The molecule has 0 radical (unpaired) electrons. The van der Waals surface area contributed by atoms with E-state index in [1.165, 1.54) is 6.20 Å². The van der Waals surface area contributed by atoms with Crippen molar-refractivity contribution in [1.82, 2.24) is 9.97 Å². The lowest BCUT2D eigenvalue weighted by molar-refractivity contribution is -0.136. The van der Waals surface area contributed by atoms with Crippen molar-refractivity contribution in [2.75, 3.05) is 12.3 Å². The maximum atomic E-state index is 10.8. The van der Waals surface area contributed by atoms with Gasteiger partial charge in [0, 0.05) is 12.1 Å². The summed E-state index contributed by atoms with van der Waals surface area (Å²) in [4.78, 5) is 18.3. The van der Waals surface area contributed by atoms with Gasteiger partial charge in [0.1, 0.15) is 5.69 Å². The fourth-order valence-electron chi connectivity index (χ4n) is 0.726. The zero-order chi connectivity index (χ0) is 10.4. The maximum Gasteiger partial charge on any atom is 0.384 e. The predicted molar refractivity (Wildman–Crippen MR) is 50.0 cm³/mol. The first-order valence-electron chi connectivity index (χ1n) is 3.99. The Bertz CT molecular complexity index is 393. The third kappa shape index (κ3) is 3.11. The molecule has 0 aromatic carbocycles. The molecule has 0 atom stereocenters. The van der Waals surface area contributed by atoms with E-state index in [9.17, 15) is 4.79 Å². The Balaban J connectivity index is 2.72. The van der Waals surface area contributed by atoms with Crippen molar-refractivity contribution in [3.8, 4) is 11.8 Å². The summed E-state index contributed by atoms with van der Waals surface area (Å²) in [6, 6.07) is 1.56. The zero-order valence-corrected chi connectivity index (χ0v) is 7.65. The SMILES string of the molecule is CCOC(=O)C#Cc1ccnc(N)n1. The van der Waals surface area contributed by atoms with Crippen LogP contribution in [0.3, 0.4) is 0 Å². The smallest absolute Gasteiger partial charge is 0.384 e. The lowest BCUT2D eigenvalue weighted by Gasteiger charge is -1.92. The number of aromatic nitrogens is 2. The summed E-state index contributed by atoms with van der Waals surface area (Å²) in [7, 11) is 0. The molecule has 0 spiro atoms. The van der Waals surface area contributed by atoms with Gasteiger partial charge in [-0.05, 0) is 18.9 Å². The van der Waals surface area contributed by atoms with E-state index in [-0.39, 0.29) is 5.95 Å². The molecule has 0 bridgehead atoms. The fourth-order valence-corrected chi connectivity index (χ4v) is 0.726. The van der Waals surface area contributed by atoms with Crippen molar-refractivity contribution >= 4 is 11.9 Å². The van der Waals surface area contributed by atoms with Gasteiger partial charge < -0.3 is 10.5 Å². The molecule has 5 heteroatoms. The summed E-state index contributed by atoms with van der Waals surface area (Å²) in [6.45, 7) is 2.02. The highest BCUT2D eigenvalue weighted by Gasteiger charge is 1.94. The number of esters is 1. The molecule has 0 amide bonds. The van der Waals surface area contributed by atoms with Gasteiger partial charge in [0.05, 0.1) is 6.61 Å². The summed E-state index contributed by atoms with van der Waals surface area (Å²) in [5.41, 5.74) is 5.71. The van der Waals surface area contributed by atoms with Crippen molar-refractivity contribution < 1.29 is 9.53 Å². The standard InChI is InChI=1S/C9H9N3O2/c1-2-14-8(13)4-3-7-5-6-11-9(10)12-7/h5-6H,2H2,1H3,(H2,10,11,12).